The van der Waals surface area contributed by atoms with Crippen LogP contribution in [0.5, 0.6) is 5.75 Å². The number of hydrogen-bond donors (Lipinski definition) is 3. The Balaban J connectivity index is 1.49. The predicted octanol–water partition coefficient (Wildman–Crippen LogP) is 4.84. The van der Waals surface area contributed by atoms with Gasteiger partial charge in [0.25, 0.3) is 11.5 Å². The molecule has 1 aromatic heterocycles. The number of carbonyl (C=O) groups excluding carboxylic acids is 1. The quantitative estimate of drug-likeness (QED) is 0.210. The van der Waals surface area contributed by atoms with Gasteiger partial charge in [0, 0.05) is 21.3 Å². The number of rotatable bonds is 8. The van der Waals surface area contributed by atoms with Gasteiger partial charge in [-0.2, -0.15) is 10.4 Å². The molecule has 0 radical (unpaired) electrons. The number of hydrogen-bond acceptors (Lipinski definition) is 7. The van der Waals surface area contributed by atoms with Crippen molar-refractivity contribution in [3.05, 3.63) is 104 Å². The fourth-order valence-electron chi connectivity index (χ4n) is 3.39. The molecule has 0 aliphatic heterocycles. The maximum Gasteiger partial charge on any atom is 0.270 e. The Kier molecular flexibility index (Phi) is 8.08. The molecule has 1 heterocycles. The molecule has 3 N–H and O–H groups in total. The maximum atomic E-state index is 12.4. The topological polar surface area (TPSA) is 132 Å². The Bertz CT molecular complexity index is 1560. The van der Waals surface area contributed by atoms with Gasteiger partial charge in [-0.25, -0.2) is 10.4 Å². The lowest BCUT2D eigenvalue weighted by atomic mass is 10.1. The van der Waals surface area contributed by atoms with Crippen molar-refractivity contribution in [1.82, 2.24) is 9.97 Å². The molecule has 1 amide bonds. The summed E-state index contributed by atoms with van der Waals surface area (Å²) in [4.78, 5) is 31.7. The third kappa shape index (κ3) is 6.48. The molecular weight excluding hydrogens is 536 g/mol. The van der Waals surface area contributed by atoms with Crippen LogP contribution in [0.4, 0.5) is 11.6 Å². The van der Waals surface area contributed by atoms with Crippen LogP contribution in [0.25, 0.3) is 11.3 Å². The van der Waals surface area contributed by atoms with Crippen LogP contribution < -0.4 is 21.0 Å². The van der Waals surface area contributed by atoms with E-state index in [1.807, 2.05) is 43.3 Å². The monoisotopic (exact) mass is 556 g/mol. The first-order valence-electron chi connectivity index (χ1n) is 11.1. The maximum absolute atomic E-state index is 12.4. The molecule has 9 nitrogen and oxygen atoms in total. The fourth-order valence-corrected chi connectivity index (χ4v) is 3.77. The number of carbonyl (C=O) groups is 1. The molecule has 0 unspecified atom stereocenters. The molecule has 4 rings (SSSR count). The van der Waals surface area contributed by atoms with E-state index in [0.29, 0.717) is 16.9 Å². The van der Waals surface area contributed by atoms with Gasteiger partial charge < -0.3 is 10.1 Å². The summed E-state index contributed by atoms with van der Waals surface area (Å²) in [6.07, 6.45) is 1.47. The number of halogens is 1. The minimum absolute atomic E-state index is 0.0641. The standard InChI is InChI=1S/C27H21BrN6O3/c1-17-7-5-6-10-22(17)31-24(35)16-37-23-12-11-20(28)13-19(23)15-30-34-27-32-25(18-8-3-2-4-9-18)21(14-29)26(36)33-27/h2-13,15H,16H2,1H3,(H,31,35)(H2,32,33,34,36). The molecule has 0 saturated carbocycles. The van der Waals surface area contributed by atoms with E-state index >= 15 is 0 Å². The molecule has 0 bridgehead atoms. The van der Waals surface area contributed by atoms with Crippen molar-refractivity contribution in [2.24, 2.45) is 5.10 Å². The van der Waals surface area contributed by atoms with E-state index in [2.05, 4.69) is 41.7 Å². The highest BCUT2D eigenvalue weighted by Gasteiger charge is 2.13. The van der Waals surface area contributed by atoms with Crippen molar-refractivity contribution in [2.75, 3.05) is 17.3 Å². The fraction of sp³-hybridized carbons (Fsp3) is 0.0741. The second-order valence-corrected chi connectivity index (χ2v) is 8.74. The average molecular weight is 557 g/mol. The third-order valence-electron chi connectivity index (χ3n) is 5.20. The molecule has 10 heteroatoms. The van der Waals surface area contributed by atoms with E-state index < -0.39 is 5.56 Å². The Morgan fingerprint density at radius 1 is 1.16 bits per heavy atom. The van der Waals surface area contributed by atoms with E-state index in [9.17, 15) is 14.9 Å². The van der Waals surface area contributed by atoms with Gasteiger partial charge >= 0.3 is 0 Å². The highest BCUT2D eigenvalue weighted by Crippen LogP contribution is 2.23. The Hall–Kier alpha value is -4.75. The number of para-hydroxylation sites is 1. The predicted molar refractivity (Wildman–Crippen MR) is 146 cm³/mol. The zero-order chi connectivity index (χ0) is 26.2. The van der Waals surface area contributed by atoms with Crippen LogP contribution in [0.2, 0.25) is 0 Å². The molecule has 3 aromatic carbocycles. The number of nitrogens with zero attached hydrogens (tertiary/aromatic N) is 3. The van der Waals surface area contributed by atoms with Crippen LogP contribution >= 0.6 is 15.9 Å². The number of amides is 1. The van der Waals surface area contributed by atoms with Gasteiger partial charge in [-0.15, -0.1) is 0 Å². The van der Waals surface area contributed by atoms with Crippen molar-refractivity contribution in [1.29, 1.82) is 5.26 Å². The van der Waals surface area contributed by atoms with E-state index in [4.69, 9.17) is 4.74 Å². The van der Waals surface area contributed by atoms with Gasteiger partial charge in [0.1, 0.15) is 17.4 Å². The second kappa shape index (κ2) is 11.8. The zero-order valence-electron chi connectivity index (χ0n) is 19.7. The second-order valence-electron chi connectivity index (χ2n) is 7.82. The molecular formula is C27H21BrN6O3. The van der Waals surface area contributed by atoms with Crippen molar-refractivity contribution in [3.8, 4) is 23.1 Å². The molecule has 4 aromatic rings. The van der Waals surface area contributed by atoms with Gasteiger partial charge in [0.05, 0.1) is 11.9 Å². The highest BCUT2D eigenvalue weighted by atomic mass is 79.9. The number of benzene rings is 3. The van der Waals surface area contributed by atoms with Crippen molar-refractivity contribution in [2.45, 2.75) is 6.92 Å². The Morgan fingerprint density at radius 3 is 2.68 bits per heavy atom. The number of nitriles is 1. The number of aryl methyl sites for hydroxylation is 1. The summed E-state index contributed by atoms with van der Waals surface area (Å²) in [5.41, 5.74) is 5.13. The van der Waals surface area contributed by atoms with Crippen molar-refractivity contribution < 1.29 is 9.53 Å². The molecule has 0 aliphatic rings. The van der Waals surface area contributed by atoms with Crippen molar-refractivity contribution >= 4 is 39.7 Å². The molecule has 0 aliphatic carbocycles. The molecule has 37 heavy (non-hydrogen) atoms. The van der Waals surface area contributed by atoms with Crippen LogP contribution in [0.1, 0.15) is 16.7 Å². The van der Waals surface area contributed by atoms with Gasteiger partial charge in [0.15, 0.2) is 6.61 Å². The first-order valence-corrected chi connectivity index (χ1v) is 11.9. The van der Waals surface area contributed by atoms with Gasteiger partial charge in [-0.05, 0) is 36.8 Å². The van der Waals surface area contributed by atoms with Crippen molar-refractivity contribution in [3.63, 3.8) is 0 Å². The van der Waals surface area contributed by atoms with Gasteiger partial charge in [-0.1, -0.05) is 64.5 Å². The zero-order valence-corrected chi connectivity index (χ0v) is 21.2. The summed E-state index contributed by atoms with van der Waals surface area (Å²) in [6, 6.07) is 23.6. The largest absolute Gasteiger partial charge is 0.483 e. The minimum Gasteiger partial charge on any atom is -0.483 e. The Labute approximate surface area is 221 Å². The number of ether oxygens (including phenoxy) is 1. The summed E-state index contributed by atoms with van der Waals surface area (Å²) in [6.45, 7) is 1.71. The number of hydrazone groups is 1. The van der Waals surface area contributed by atoms with E-state index in [1.54, 1.807) is 42.5 Å². The first-order chi connectivity index (χ1) is 17.9. The molecule has 0 saturated heterocycles. The highest BCUT2D eigenvalue weighted by molar-refractivity contribution is 9.10. The summed E-state index contributed by atoms with van der Waals surface area (Å²) in [5.74, 6) is 0.195. The summed E-state index contributed by atoms with van der Waals surface area (Å²) in [5, 5.41) is 16.4. The number of aromatic nitrogens is 2. The normalized spacial score (nSPS) is 10.6. The van der Waals surface area contributed by atoms with Crippen LogP contribution in [-0.4, -0.2) is 28.7 Å². The first kappa shape index (κ1) is 25.3. The molecule has 0 atom stereocenters. The lowest BCUT2D eigenvalue weighted by Crippen LogP contribution is -2.21. The van der Waals surface area contributed by atoms with Crippen LogP contribution in [0.15, 0.2) is 87.2 Å². The Morgan fingerprint density at radius 2 is 1.92 bits per heavy atom. The molecule has 0 spiro atoms. The number of H-pyrrole nitrogens is 1. The van der Waals surface area contributed by atoms with Crippen LogP contribution in [-0.2, 0) is 4.79 Å². The minimum atomic E-state index is -0.583. The summed E-state index contributed by atoms with van der Waals surface area (Å²) < 4.78 is 6.51. The van der Waals surface area contributed by atoms with Crippen LogP contribution in [0.3, 0.4) is 0 Å². The number of aromatic amines is 1. The lowest BCUT2D eigenvalue weighted by Gasteiger charge is -2.11. The van der Waals surface area contributed by atoms with Gasteiger partial charge in [0.2, 0.25) is 5.95 Å². The number of anilines is 2. The molecule has 184 valence electrons. The van der Waals surface area contributed by atoms with E-state index in [1.165, 1.54) is 6.21 Å². The average Bonchev–Trinajstić information content (AvgIpc) is 2.90. The SMILES string of the molecule is Cc1ccccc1NC(=O)COc1ccc(Br)cc1C=NNc1nc(-c2ccccc2)c(C#N)c(=O)[nH]1. The van der Waals surface area contributed by atoms with Gasteiger partial charge in [-0.3, -0.25) is 14.6 Å². The van der Waals surface area contributed by atoms with E-state index in [0.717, 1.165) is 15.7 Å². The summed E-state index contributed by atoms with van der Waals surface area (Å²) >= 11 is 3.42. The lowest BCUT2D eigenvalue weighted by molar-refractivity contribution is -0.118. The third-order valence-corrected chi connectivity index (χ3v) is 5.70. The van der Waals surface area contributed by atoms with E-state index in [-0.39, 0.29) is 29.7 Å². The smallest absolute Gasteiger partial charge is 0.270 e. The van der Waals surface area contributed by atoms with Crippen LogP contribution in [0, 0.1) is 18.3 Å². The number of nitrogens with one attached hydrogen (secondary N) is 3. The molecule has 0 fully saturated rings. The summed E-state index contributed by atoms with van der Waals surface area (Å²) in [7, 11) is 0.